The highest BCUT2D eigenvalue weighted by Crippen LogP contribution is 2.49. The van der Waals surface area contributed by atoms with Crippen LogP contribution in [0.4, 0.5) is 22.0 Å². The number of hydrogen-bond acceptors (Lipinski definition) is 0. The number of halogens is 6. The first-order chi connectivity index (χ1) is 7.23. The third-order valence-electron chi connectivity index (χ3n) is 2.62. The second-order valence-electron chi connectivity index (χ2n) is 3.65. The van der Waals surface area contributed by atoms with Crippen LogP contribution in [0.15, 0.2) is 16.6 Å². The van der Waals surface area contributed by atoms with Crippen molar-refractivity contribution >= 4 is 15.9 Å². The Morgan fingerprint density at radius 2 is 1.81 bits per heavy atom. The zero-order valence-electron chi connectivity index (χ0n) is 7.84. The minimum absolute atomic E-state index is 0.0398. The molecule has 0 radical (unpaired) electrons. The molecule has 0 nitrogen and oxygen atoms in total. The molecule has 2 rings (SSSR count). The van der Waals surface area contributed by atoms with Gasteiger partial charge in [-0.05, 0) is 24.1 Å². The summed E-state index contributed by atoms with van der Waals surface area (Å²) in [5.74, 6) is -3.17. The quantitative estimate of drug-likeness (QED) is 0.619. The molecule has 0 aromatic heterocycles. The lowest BCUT2D eigenvalue weighted by Gasteiger charge is -2.15. The first-order valence-electron chi connectivity index (χ1n) is 4.50. The fourth-order valence-corrected chi connectivity index (χ4v) is 2.61. The third kappa shape index (κ3) is 1.73. The van der Waals surface area contributed by atoms with E-state index in [1.807, 2.05) is 0 Å². The van der Waals surface area contributed by atoms with E-state index >= 15 is 0 Å². The number of hydrogen-bond donors (Lipinski definition) is 0. The molecule has 1 aromatic rings. The van der Waals surface area contributed by atoms with Crippen molar-refractivity contribution in [2.45, 2.75) is 24.9 Å². The van der Waals surface area contributed by atoms with Crippen LogP contribution in [0.5, 0.6) is 0 Å². The van der Waals surface area contributed by atoms with E-state index in [1.165, 1.54) is 0 Å². The normalized spacial score (nSPS) is 18.6. The molecule has 16 heavy (non-hydrogen) atoms. The standard InChI is InChI=1S/C10H6BrF5/c11-7-2-1-6(10(14,15)16)5-3-4-9(12,13)8(5)7/h1-2H,3-4H2. The van der Waals surface area contributed by atoms with Crippen LogP contribution in [0.2, 0.25) is 0 Å². The number of alkyl halides is 5. The van der Waals surface area contributed by atoms with Crippen molar-refractivity contribution in [1.82, 2.24) is 0 Å². The van der Waals surface area contributed by atoms with Gasteiger partial charge in [0.2, 0.25) is 0 Å². The molecule has 0 atom stereocenters. The summed E-state index contributed by atoms with van der Waals surface area (Å²) in [4.78, 5) is 0. The van der Waals surface area contributed by atoms with Crippen LogP contribution < -0.4 is 0 Å². The third-order valence-corrected chi connectivity index (χ3v) is 3.28. The van der Waals surface area contributed by atoms with Crippen LogP contribution in [0.25, 0.3) is 0 Å². The van der Waals surface area contributed by atoms with Crippen molar-refractivity contribution in [3.8, 4) is 0 Å². The number of fused-ring (bicyclic) bond motifs is 1. The molecule has 0 saturated carbocycles. The minimum atomic E-state index is -4.58. The summed E-state index contributed by atoms with van der Waals surface area (Å²) < 4.78 is 64.5. The van der Waals surface area contributed by atoms with Gasteiger partial charge in [-0.2, -0.15) is 13.2 Å². The molecule has 6 heteroatoms. The van der Waals surface area contributed by atoms with E-state index in [0.717, 1.165) is 12.1 Å². The van der Waals surface area contributed by atoms with E-state index < -0.39 is 29.6 Å². The predicted molar refractivity (Wildman–Crippen MR) is 51.4 cm³/mol. The fraction of sp³-hybridized carbons (Fsp3) is 0.400. The average Bonchev–Trinajstić information content (AvgIpc) is 2.41. The molecule has 0 fully saturated rings. The largest absolute Gasteiger partial charge is 0.416 e. The summed E-state index contributed by atoms with van der Waals surface area (Å²) in [6.07, 6.45) is -5.38. The zero-order chi connectivity index (χ0) is 12.1. The van der Waals surface area contributed by atoms with Gasteiger partial charge in [0.05, 0.1) is 5.56 Å². The SMILES string of the molecule is FC(F)(F)c1ccc(Br)c2c1CCC2(F)F. The highest BCUT2D eigenvalue weighted by Gasteiger charge is 2.46. The first kappa shape index (κ1) is 11.8. The van der Waals surface area contributed by atoms with E-state index in [9.17, 15) is 22.0 Å². The van der Waals surface area contributed by atoms with Gasteiger partial charge in [0, 0.05) is 16.5 Å². The molecule has 1 aliphatic carbocycles. The molecule has 0 aliphatic heterocycles. The molecular formula is C10H6BrF5. The summed E-state index contributed by atoms with van der Waals surface area (Å²) in [6.45, 7) is 0. The Bertz CT molecular complexity index is 436. The maximum atomic E-state index is 13.4. The minimum Gasteiger partial charge on any atom is -0.201 e. The van der Waals surface area contributed by atoms with Crippen molar-refractivity contribution in [2.24, 2.45) is 0 Å². The molecule has 0 unspecified atom stereocenters. The smallest absolute Gasteiger partial charge is 0.201 e. The van der Waals surface area contributed by atoms with Crippen molar-refractivity contribution < 1.29 is 22.0 Å². The van der Waals surface area contributed by atoms with E-state index in [-0.39, 0.29) is 16.5 Å². The van der Waals surface area contributed by atoms with E-state index in [1.54, 1.807) is 0 Å². The lowest BCUT2D eigenvalue weighted by Crippen LogP contribution is -2.12. The molecule has 0 spiro atoms. The summed E-state index contributed by atoms with van der Waals surface area (Å²) in [5, 5.41) is 0. The zero-order valence-corrected chi connectivity index (χ0v) is 9.42. The summed E-state index contributed by atoms with van der Waals surface area (Å²) in [6, 6.07) is 1.87. The second-order valence-corrected chi connectivity index (χ2v) is 4.51. The van der Waals surface area contributed by atoms with E-state index in [2.05, 4.69) is 15.9 Å². The molecular weight excluding hydrogens is 295 g/mol. The maximum absolute atomic E-state index is 13.4. The van der Waals surface area contributed by atoms with Crippen LogP contribution in [0, 0.1) is 0 Å². The highest BCUT2D eigenvalue weighted by molar-refractivity contribution is 9.10. The monoisotopic (exact) mass is 300 g/mol. The fourth-order valence-electron chi connectivity index (χ4n) is 1.95. The molecule has 0 heterocycles. The lowest BCUT2D eigenvalue weighted by atomic mass is 10.0. The van der Waals surface area contributed by atoms with E-state index in [0.29, 0.717) is 0 Å². The van der Waals surface area contributed by atoms with Crippen molar-refractivity contribution in [3.05, 3.63) is 33.3 Å². The van der Waals surface area contributed by atoms with Gasteiger partial charge in [0.25, 0.3) is 5.92 Å². The van der Waals surface area contributed by atoms with Gasteiger partial charge in [-0.15, -0.1) is 0 Å². The Hall–Kier alpha value is -0.650. The molecule has 1 aliphatic rings. The molecule has 0 bridgehead atoms. The van der Waals surface area contributed by atoms with Crippen molar-refractivity contribution in [2.75, 3.05) is 0 Å². The van der Waals surface area contributed by atoms with Gasteiger partial charge < -0.3 is 0 Å². The summed E-state index contributed by atoms with van der Waals surface area (Å²) >= 11 is 2.88. The molecule has 0 amide bonds. The van der Waals surface area contributed by atoms with Crippen molar-refractivity contribution in [1.29, 1.82) is 0 Å². The Kier molecular flexibility index (Phi) is 2.53. The van der Waals surface area contributed by atoms with Gasteiger partial charge in [0.15, 0.2) is 0 Å². The van der Waals surface area contributed by atoms with Crippen LogP contribution in [-0.2, 0) is 18.5 Å². The van der Waals surface area contributed by atoms with Crippen LogP contribution in [0.1, 0.15) is 23.1 Å². The predicted octanol–water partition coefficient (Wildman–Crippen LogP) is 4.51. The van der Waals surface area contributed by atoms with E-state index in [4.69, 9.17) is 0 Å². The van der Waals surface area contributed by atoms with Crippen molar-refractivity contribution in [3.63, 3.8) is 0 Å². The maximum Gasteiger partial charge on any atom is 0.416 e. The molecule has 0 saturated heterocycles. The van der Waals surface area contributed by atoms with Gasteiger partial charge in [-0.1, -0.05) is 15.9 Å². The highest BCUT2D eigenvalue weighted by atomic mass is 79.9. The second kappa shape index (κ2) is 3.42. The first-order valence-corrected chi connectivity index (χ1v) is 5.29. The Morgan fingerprint density at radius 3 is 2.38 bits per heavy atom. The summed E-state index contributed by atoms with van der Waals surface area (Å²) in [5.41, 5.74) is -1.75. The van der Waals surface area contributed by atoms with Crippen LogP contribution in [-0.4, -0.2) is 0 Å². The van der Waals surface area contributed by atoms with Gasteiger partial charge >= 0.3 is 6.18 Å². The Labute approximate surface area is 96.6 Å². The lowest BCUT2D eigenvalue weighted by molar-refractivity contribution is -0.138. The number of rotatable bonds is 0. The number of benzene rings is 1. The van der Waals surface area contributed by atoms with Gasteiger partial charge in [-0.25, -0.2) is 8.78 Å². The summed E-state index contributed by atoms with van der Waals surface area (Å²) in [7, 11) is 0. The molecule has 0 N–H and O–H groups in total. The van der Waals surface area contributed by atoms with Gasteiger partial charge in [0.1, 0.15) is 0 Å². The van der Waals surface area contributed by atoms with Crippen LogP contribution in [0.3, 0.4) is 0 Å². The van der Waals surface area contributed by atoms with Gasteiger partial charge in [-0.3, -0.25) is 0 Å². The topological polar surface area (TPSA) is 0 Å². The van der Waals surface area contributed by atoms with Crippen LogP contribution >= 0.6 is 15.9 Å². The molecule has 88 valence electrons. The molecule has 1 aromatic carbocycles. The average molecular weight is 301 g/mol. The Balaban J connectivity index is 2.68. The Morgan fingerprint density at radius 1 is 1.19 bits per heavy atom.